The first-order valence-corrected chi connectivity index (χ1v) is 20.5. The first-order valence-electron chi connectivity index (χ1n) is 20.5. The van der Waals surface area contributed by atoms with Crippen LogP contribution in [0.2, 0.25) is 0 Å². The molecule has 0 bridgehead atoms. The molecule has 4 N–H and O–H groups in total. The molecule has 3 fully saturated rings. The van der Waals surface area contributed by atoms with E-state index in [0.717, 1.165) is 58.8 Å². The molecular formula is C43H44N12O5. The topological polar surface area (TPSA) is 214 Å². The van der Waals surface area contributed by atoms with E-state index in [1.165, 1.54) is 12.8 Å². The molecule has 2 atom stereocenters. The second-order valence-corrected chi connectivity index (χ2v) is 15.8. The number of amides is 5. The van der Waals surface area contributed by atoms with Crippen molar-refractivity contribution in [1.29, 1.82) is 5.26 Å². The van der Waals surface area contributed by atoms with E-state index in [4.69, 9.17) is 4.98 Å². The number of hydrogen-bond acceptors (Lipinski definition) is 12. The molecule has 306 valence electrons. The summed E-state index contributed by atoms with van der Waals surface area (Å²) in [4.78, 5) is 81.6. The highest BCUT2D eigenvalue weighted by Crippen LogP contribution is 2.37. The second kappa shape index (κ2) is 16.4. The van der Waals surface area contributed by atoms with Crippen LogP contribution in [0.1, 0.15) is 82.1 Å². The number of anilines is 3. The summed E-state index contributed by atoms with van der Waals surface area (Å²) in [6.45, 7) is 3.99. The van der Waals surface area contributed by atoms with Gasteiger partial charge in [-0.2, -0.15) is 15.3 Å². The summed E-state index contributed by atoms with van der Waals surface area (Å²) in [7, 11) is 0. The van der Waals surface area contributed by atoms with Gasteiger partial charge in [-0.3, -0.25) is 43.8 Å². The number of aromatic nitrogens is 5. The molecule has 5 amide bonds. The lowest BCUT2D eigenvalue weighted by atomic mass is 9.96. The van der Waals surface area contributed by atoms with Gasteiger partial charge >= 0.3 is 0 Å². The number of H-pyrrole nitrogens is 1. The van der Waals surface area contributed by atoms with Crippen molar-refractivity contribution in [3.05, 3.63) is 83.8 Å². The van der Waals surface area contributed by atoms with Crippen molar-refractivity contribution < 1.29 is 24.0 Å². The molecule has 1 aliphatic carbocycles. The molecule has 60 heavy (non-hydrogen) atoms. The fourth-order valence-electron chi connectivity index (χ4n) is 8.92. The third kappa shape index (κ3) is 7.57. The van der Waals surface area contributed by atoms with Gasteiger partial charge < -0.3 is 20.5 Å². The highest BCUT2D eigenvalue weighted by atomic mass is 16.2. The van der Waals surface area contributed by atoms with Crippen LogP contribution in [0.25, 0.3) is 22.3 Å². The van der Waals surface area contributed by atoms with E-state index in [-0.39, 0.29) is 35.9 Å². The number of nitriles is 1. The van der Waals surface area contributed by atoms with Crippen molar-refractivity contribution in [1.82, 2.24) is 45.2 Å². The Morgan fingerprint density at radius 1 is 0.933 bits per heavy atom. The zero-order valence-electron chi connectivity index (χ0n) is 32.9. The van der Waals surface area contributed by atoms with Gasteiger partial charge in [-0.1, -0.05) is 12.8 Å². The molecule has 3 aliphatic heterocycles. The predicted molar refractivity (Wildman–Crippen MR) is 220 cm³/mol. The molecule has 2 saturated heterocycles. The van der Waals surface area contributed by atoms with Crippen molar-refractivity contribution in [3.8, 4) is 17.3 Å². The quantitative estimate of drug-likeness (QED) is 0.131. The molecule has 4 aliphatic rings. The Hall–Kier alpha value is -6.93. The molecule has 0 radical (unpaired) electrons. The van der Waals surface area contributed by atoms with Crippen LogP contribution in [-0.4, -0.2) is 109 Å². The van der Waals surface area contributed by atoms with Crippen LogP contribution in [-0.2, 0) is 9.59 Å². The van der Waals surface area contributed by atoms with Crippen molar-refractivity contribution in [2.75, 3.05) is 49.5 Å². The normalized spacial score (nSPS) is 19.1. The number of piperazine rings is 1. The number of benzene rings is 2. The minimum Gasteiger partial charge on any atom is -0.369 e. The summed E-state index contributed by atoms with van der Waals surface area (Å²) >= 11 is 0. The van der Waals surface area contributed by atoms with Gasteiger partial charge in [0.1, 0.15) is 11.7 Å². The van der Waals surface area contributed by atoms with Crippen molar-refractivity contribution >= 4 is 57.9 Å². The van der Waals surface area contributed by atoms with E-state index < -0.39 is 29.7 Å². The van der Waals surface area contributed by atoms with Gasteiger partial charge in [0.05, 0.1) is 41.5 Å². The first kappa shape index (κ1) is 38.6. The molecule has 5 aromatic rings. The van der Waals surface area contributed by atoms with Gasteiger partial charge in [-0.05, 0) is 73.7 Å². The molecule has 1 unspecified atom stereocenters. The number of carbonyl (C=O) groups is 5. The van der Waals surface area contributed by atoms with Gasteiger partial charge in [0.15, 0.2) is 0 Å². The summed E-state index contributed by atoms with van der Waals surface area (Å²) in [6.07, 6.45) is 10.8. The van der Waals surface area contributed by atoms with Crippen molar-refractivity contribution in [3.63, 3.8) is 0 Å². The van der Waals surface area contributed by atoms with Crippen LogP contribution in [0.4, 0.5) is 17.3 Å². The average Bonchev–Trinajstić information content (AvgIpc) is 4.10. The fourth-order valence-corrected chi connectivity index (χ4v) is 8.92. The molecule has 6 heterocycles. The number of hydrogen-bond donors (Lipinski definition) is 4. The molecule has 0 spiro atoms. The summed E-state index contributed by atoms with van der Waals surface area (Å²) in [6, 6.07) is 15.6. The standard InChI is InChI=1S/C43H44N12O5/c44-15-13-34(26-3-1-2-4-26)54-25-28(24-47-54)37-32-14-16-45-38(32)51-43(50-37)48-29-7-5-27(6-8-29)39(57)46-17-18-52-19-21-53(22-20-52)30-9-10-31-33(23-30)42(60)55(41(31)59)35-11-12-36(56)49-40(35)58/h5-10,14,16,23-26,34-35H,1-4,11-13,17-22H2,(H,46,57)(H,49,56,58)(H2,45,48,50,51)/t34-,35?/m1/s1. The molecule has 17 nitrogen and oxygen atoms in total. The summed E-state index contributed by atoms with van der Waals surface area (Å²) in [5.74, 6) is -1.43. The molecule has 17 heteroatoms. The number of rotatable bonds is 12. The number of imide groups is 2. The van der Waals surface area contributed by atoms with Gasteiger partial charge in [0, 0.05) is 86.0 Å². The van der Waals surface area contributed by atoms with E-state index in [1.807, 2.05) is 41.3 Å². The van der Waals surface area contributed by atoms with Crippen LogP contribution in [0.3, 0.4) is 0 Å². The average molecular weight is 809 g/mol. The minimum absolute atomic E-state index is 0.0382. The van der Waals surface area contributed by atoms with Gasteiger partial charge in [0.2, 0.25) is 17.8 Å². The second-order valence-electron chi connectivity index (χ2n) is 15.8. The van der Waals surface area contributed by atoms with Crippen LogP contribution in [0.5, 0.6) is 0 Å². The highest BCUT2D eigenvalue weighted by Gasteiger charge is 2.45. The number of carbonyl (C=O) groups excluding carboxylic acids is 5. The Balaban J connectivity index is 0.766. The van der Waals surface area contributed by atoms with Crippen molar-refractivity contribution in [2.24, 2.45) is 5.92 Å². The van der Waals surface area contributed by atoms with Crippen LogP contribution < -0.4 is 20.9 Å². The molecule has 1 saturated carbocycles. The van der Waals surface area contributed by atoms with Crippen molar-refractivity contribution in [2.45, 2.75) is 57.0 Å². The summed E-state index contributed by atoms with van der Waals surface area (Å²) < 4.78 is 1.93. The van der Waals surface area contributed by atoms with Crippen LogP contribution in [0, 0.1) is 17.2 Å². The Morgan fingerprint density at radius 2 is 1.72 bits per heavy atom. The lowest BCUT2D eigenvalue weighted by Gasteiger charge is -2.36. The molecule has 2 aromatic carbocycles. The van der Waals surface area contributed by atoms with Crippen LogP contribution >= 0.6 is 0 Å². The lowest BCUT2D eigenvalue weighted by Crippen LogP contribution is -2.54. The highest BCUT2D eigenvalue weighted by molar-refractivity contribution is 6.23. The summed E-state index contributed by atoms with van der Waals surface area (Å²) in [5.41, 5.74) is 4.83. The van der Waals surface area contributed by atoms with E-state index in [2.05, 4.69) is 46.9 Å². The third-order valence-electron chi connectivity index (χ3n) is 12.2. The number of nitrogens with zero attached hydrogens (tertiary/aromatic N) is 8. The zero-order valence-corrected chi connectivity index (χ0v) is 32.9. The monoisotopic (exact) mass is 808 g/mol. The zero-order chi connectivity index (χ0) is 41.3. The Kier molecular flexibility index (Phi) is 10.5. The smallest absolute Gasteiger partial charge is 0.262 e. The fraction of sp³-hybridized carbons (Fsp3) is 0.372. The molecule has 3 aromatic heterocycles. The number of aromatic amines is 1. The minimum atomic E-state index is -1.000. The van der Waals surface area contributed by atoms with Gasteiger partial charge in [-0.25, -0.2) is 4.98 Å². The molecule has 9 rings (SSSR count). The summed E-state index contributed by atoms with van der Waals surface area (Å²) in [5, 5.41) is 23.6. The van der Waals surface area contributed by atoms with E-state index in [9.17, 15) is 29.2 Å². The largest absolute Gasteiger partial charge is 0.369 e. The lowest BCUT2D eigenvalue weighted by molar-refractivity contribution is -0.136. The van der Waals surface area contributed by atoms with Gasteiger partial charge in [0.25, 0.3) is 17.7 Å². The maximum atomic E-state index is 13.3. The maximum absolute atomic E-state index is 13.3. The number of piperidine rings is 1. The predicted octanol–water partition coefficient (Wildman–Crippen LogP) is 4.16. The Labute approximate surface area is 345 Å². The van der Waals surface area contributed by atoms with Crippen LogP contribution in [0.15, 0.2) is 67.1 Å². The molecular weight excluding hydrogens is 765 g/mol. The first-order chi connectivity index (χ1) is 29.2. The van der Waals surface area contributed by atoms with E-state index in [0.29, 0.717) is 55.7 Å². The Bertz CT molecular complexity index is 2530. The maximum Gasteiger partial charge on any atom is 0.262 e. The number of nitrogens with one attached hydrogen (secondary N) is 4. The van der Waals surface area contributed by atoms with E-state index >= 15 is 0 Å². The van der Waals surface area contributed by atoms with Gasteiger partial charge in [-0.15, -0.1) is 0 Å². The third-order valence-corrected chi connectivity index (χ3v) is 12.2. The Morgan fingerprint density at radius 3 is 2.48 bits per heavy atom. The van der Waals surface area contributed by atoms with E-state index in [1.54, 1.807) is 30.5 Å². The number of fused-ring (bicyclic) bond motifs is 2. The SMILES string of the molecule is N#CC[C@H](C1CCCC1)n1cc(-c2nc(Nc3ccc(C(=O)NCCN4CCN(c5ccc6c(c5)C(=O)N(C5CCC(=O)NC5=O)C6=O)CC4)cc3)nc3[nH]ccc23)cn1.